The smallest absolute Gasteiger partial charge is 0.234 e. The Kier molecular flexibility index (Phi) is 30.4. The van der Waals surface area contributed by atoms with E-state index in [2.05, 4.69) is 148 Å². The molecule has 0 saturated heterocycles. The second-order valence-electron chi connectivity index (χ2n) is 16.7. The van der Waals surface area contributed by atoms with Gasteiger partial charge in [0.1, 0.15) is 0 Å². The van der Waals surface area contributed by atoms with Crippen LogP contribution in [0.5, 0.6) is 0 Å². The van der Waals surface area contributed by atoms with Crippen LogP contribution in [-0.4, -0.2) is 115 Å². The summed E-state index contributed by atoms with van der Waals surface area (Å²) in [4.78, 5) is 41.9. The molecule has 0 bridgehead atoms. The molecule has 0 rings (SSSR count). The molecule has 10 nitrogen and oxygen atoms in total. The summed E-state index contributed by atoms with van der Waals surface area (Å²) < 4.78 is 0. The van der Waals surface area contributed by atoms with Gasteiger partial charge >= 0.3 is 0 Å². The van der Waals surface area contributed by atoms with E-state index in [1.54, 1.807) is 0 Å². The molecule has 0 fully saturated rings. The molecule has 0 radical (unpaired) electrons. The third-order valence-corrected chi connectivity index (χ3v) is 7.89. The molecule has 10 heteroatoms. The van der Waals surface area contributed by atoms with Gasteiger partial charge < -0.3 is 21.7 Å². The molecular formula is C39H85N7O3. The van der Waals surface area contributed by atoms with E-state index in [1.165, 1.54) is 0 Å². The molecule has 294 valence electrons. The summed E-state index contributed by atoms with van der Waals surface area (Å²) in [6.45, 7) is 42.9. The van der Waals surface area contributed by atoms with Crippen LogP contribution in [0.3, 0.4) is 0 Å². The summed E-state index contributed by atoms with van der Waals surface area (Å²) in [5.41, 5.74) is 5.41. The van der Waals surface area contributed by atoms with Gasteiger partial charge in [-0.1, -0.05) is 62.3 Å². The average molecular weight is 700 g/mol. The fourth-order valence-electron chi connectivity index (χ4n) is 4.58. The Labute approximate surface area is 304 Å². The van der Waals surface area contributed by atoms with Gasteiger partial charge in [-0.2, -0.15) is 0 Å². The van der Waals surface area contributed by atoms with Crippen LogP contribution in [-0.2, 0) is 14.4 Å². The fraction of sp³-hybridized carbons (Fsp3) is 0.923. The molecule has 0 heterocycles. The lowest BCUT2D eigenvalue weighted by atomic mass is 10.0. The Bertz CT molecular complexity index is 839. The predicted octanol–water partition coefficient (Wildman–Crippen LogP) is 5.60. The topological polar surface area (TPSA) is 123 Å². The third-order valence-electron chi connectivity index (χ3n) is 7.89. The summed E-state index contributed by atoms with van der Waals surface area (Å²) in [5.74, 6) is 2.61. The molecule has 0 aliphatic carbocycles. The van der Waals surface area contributed by atoms with E-state index in [0.717, 1.165) is 39.0 Å². The van der Waals surface area contributed by atoms with Crippen LogP contribution in [0.2, 0.25) is 0 Å². The van der Waals surface area contributed by atoms with E-state index in [-0.39, 0.29) is 29.3 Å². The van der Waals surface area contributed by atoms with Crippen molar-refractivity contribution in [3.8, 4) is 0 Å². The van der Waals surface area contributed by atoms with E-state index in [1.807, 2.05) is 0 Å². The second-order valence-corrected chi connectivity index (χ2v) is 16.7. The Hall–Kier alpha value is -1.75. The van der Waals surface area contributed by atoms with Gasteiger partial charge in [-0.3, -0.25) is 29.1 Å². The van der Waals surface area contributed by atoms with Crippen LogP contribution in [0, 0.1) is 23.7 Å². The van der Waals surface area contributed by atoms with Gasteiger partial charge in [0.2, 0.25) is 17.7 Å². The van der Waals surface area contributed by atoms with Crippen LogP contribution >= 0.6 is 0 Å². The van der Waals surface area contributed by atoms with Gasteiger partial charge in [-0.25, -0.2) is 0 Å². The number of carbonyl (C=O) groups is 3. The Morgan fingerprint density at radius 2 is 1.02 bits per heavy atom. The predicted molar refractivity (Wildman–Crippen MR) is 212 cm³/mol. The van der Waals surface area contributed by atoms with Crippen molar-refractivity contribution in [3.63, 3.8) is 0 Å². The minimum atomic E-state index is 0.0233. The standard InChI is InChI=1S/C14H30N2O.C13H29N3O.C12H26N2O/c1-10(2)8-16(12(5)6)9-14(17)15-13(7)11(3)4;1-11(2)9-16(13(3,4)5)10-12(17)15-8-6-7-14;1-6-7-13-12(15)9-14(11(4)5)8-10(2)3/h10-13H,8-9H2,1-7H3,(H,15,17);11H,6-10,14H2,1-5H3,(H,15,17);10-11H,6-9H2,1-5H3,(H,13,15). The number of carbonyl (C=O) groups excluding carboxylic acids is 3. The first-order valence-corrected chi connectivity index (χ1v) is 19.2. The summed E-state index contributed by atoms with van der Waals surface area (Å²) in [7, 11) is 0. The maximum absolute atomic E-state index is 11.9. The minimum absolute atomic E-state index is 0.0233. The number of amides is 3. The Balaban J connectivity index is -0.000000649. The fourth-order valence-corrected chi connectivity index (χ4v) is 4.58. The van der Waals surface area contributed by atoms with Crippen molar-refractivity contribution in [2.45, 2.75) is 154 Å². The maximum atomic E-state index is 11.9. The molecule has 0 spiro atoms. The van der Waals surface area contributed by atoms with E-state index in [0.29, 0.717) is 68.5 Å². The molecule has 0 aromatic rings. The first kappa shape index (κ1) is 51.6. The van der Waals surface area contributed by atoms with Crippen LogP contribution in [0.25, 0.3) is 0 Å². The molecule has 5 N–H and O–H groups in total. The molecular weight excluding hydrogens is 614 g/mol. The second kappa shape index (κ2) is 28.9. The van der Waals surface area contributed by atoms with Crippen LogP contribution in [0.1, 0.15) is 131 Å². The number of hydrogen-bond acceptors (Lipinski definition) is 7. The highest BCUT2D eigenvalue weighted by molar-refractivity contribution is 5.79. The van der Waals surface area contributed by atoms with Gasteiger partial charge in [0.15, 0.2) is 0 Å². The van der Waals surface area contributed by atoms with Crippen molar-refractivity contribution in [1.29, 1.82) is 0 Å². The Morgan fingerprint density at radius 3 is 1.37 bits per heavy atom. The van der Waals surface area contributed by atoms with E-state index >= 15 is 0 Å². The molecule has 1 unspecified atom stereocenters. The molecule has 1 atom stereocenters. The van der Waals surface area contributed by atoms with Crippen LogP contribution < -0.4 is 21.7 Å². The van der Waals surface area contributed by atoms with Gasteiger partial charge in [0.05, 0.1) is 19.6 Å². The third kappa shape index (κ3) is 31.9. The number of nitrogens with two attached hydrogens (primary N) is 1. The molecule has 0 saturated carbocycles. The summed E-state index contributed by atoms with van der Waals surface area (Å²) in [6.07, 6.45) is 1.84. The highest BCUT2D eigenvalue weighted by Gasteiger charge is 2.24. The zero-order chi connectivity index (χ0) is 38.9. The van der Waals surface area contributed by atoms with Crippen LogP contribution in [0.15, 0.2) is 0 Å². The molecule has 0 aliphatic heterocycles. The number of nitrogens with zero attached hydrogens (tertiary/aromatic N) is 3. The average Bonchev–Trinajstić information content (AvgIpc) is 2.94. The summed E-state index contributed by atoms with van der Waals surface area (Å²) in [6, 6.07) is 1.09. The SMILES string of the molecule is CC(C)CN(CC(=O)NC(C)C(C)C)C(C)C.CC(C)CN(CC(=O)NCCCN)C(C)(C)C.CCCNC(=O)CN(CC(C)C)C(C)C. The number of rotatable bonds is 21. The van der Waals surface area contributed by atoms with E-state index in [9.17, 15) is 14.4 Å². The highest BCUT2D eigenvalue weighted by atomic mass is 16.2. The van der Waals surface area contributed by atoms with Crippen molar-refractivity contribution in [3.05, 3.63) is 0 Å². The zero-order valence-corrected chi connectivity index (χ0v) is 35.5. The summed E-state index contributed by atoms with van der Waals surface area (Å²) >= 11 is 0. The van der Waals surface area contributed by atoms with Crippen molar-refractivity contribution in [2.24, 2.45) is 29.4 Å². The van der Waals surface area contributed by atoms with Gasteiger partial charge in [0, 0.05) is 56.4 Å². The Morgan fingerprint density at radius 1 is 0.612 bits per heavy atom. The lowest BCUT2D eigenvalue weighted by Crippen LogP contribution is -2.48. The quantitative estimate of drug-likeness (QED) is 0.115. The number of nitrogens with one attached hydrogen (secondary N) is 3. The zero-order valence-electron chi connectivity index (χ0n) is 35.5. The lowest BCUT2D eigenvalue weighted by Gasteiger charge is -2.36. The normalized spacial score (nSPS) is 12.6. The number of hydrogen-bond donors (Lipinski definition) is 4. The molecule has 0 aromatic heterocycles. The summed E-state index contributed by atoms with van der Waals surface area (Å²) in [5, 5.41) is 8.87. The first-order chi connectivity index (χ1) is 22.5. The monoisotopic (exact) mass is 700 g/mol. The maximum Gasteiger partial charge on any atom is 0.234 e. The largest absolute Gasteiger partial charge is 0.355 e. The van der Waals surface area contributed by atoms with Crippen LogP contribution in [0.4, 0.5) is 0 Å². The van der Waals surface area contributed by atoms with Gasteiger partial charge in [-0.15, -0.1) is 0 Å². The molecule has 0 aliphatic rings. The van der Waals surface area contributed by atoms with Gasteiger partial charge in [-0.05, 0) is 98.4 Å². The molecule has 3 amide bonds. The minimum Gasteiger partial charge on any atom is -0.355 e. The van der Waals surface area contributed by atoms with Crippen molar-refractivity contribution >= 4 is 17.7 Å². The lowest BCUT2D eigenvalue weighted by molar-refractivity contribution is -0.124. The molecule has 49 heavy (non-hydrogen) atoms. The van der Waals surface area contributed by atoms with E-state index in [4.69, 9.17) is 5.73 Å². The van der Waals surface area contributed by atoms with Gasteiger partial charge in [0.25, 0.3) is 0 Å². The van der Waals surface area contributed by atoms with Crippen molar-refractivity contribution in [1.82, 2.24) is 30.7 Å². The molecule has 0 aromatic carbocycles. The van der Waals surface area contributed by atoms with Crippen molar-refractivity contribution in [2.75, 3.05) is 58.9 Å². The highest BCUT2D eigenvalue weighted by Crippen LogP contribution is 2.15. The van der Waals surface area contributed by atoms with E-state index < -0.39 is 0 Å². The van der Waals surface area contributed by atoms with Crippen molar-refractivity contribution < 1.29 is 14.4 Å². The first-order valence-electron chi connectivity index (χ1n) is 19.2.